The summed E-state index contributed by atoms with van der Waals surface area (Å²) in [6.07, 6.45) is 9.23. The van der Waals surface area contributed by atoms with Gasteiger partial charge in [-0.25, -0.2) is 0 Å². The third kappa shape index (κ3) is 11.9. The van der Waals surface area contributed by atoms with E-state index in [4.69, 9.17) is 5.73 Å². The van der Waals surface area contributed by atoms with Gasteiger partial charge in [-0.05, 0) is 38.9 Å². The van der Waals surface area contributed by atoms with Gasteiger partial charge >= 0.3 is 0 Å². The number of hydrogen-bond acceptors (Lipinski definition) is 2. The standard InChI is InChI=1S/C11H26N2/c1-2-10-13-11-8-6-4-3-5-7-9-12/h13H,2-12H2,1H3. The summed E-state index contributed by atoms with van der Waals surface area (Å²) in [6.45, 7) is 5.44. The first kappa shape index (κ1) is 12.9. The molecule has 80 valence electrons. The summed E-state index contributed by atoms with van der Waals surface area (Å²) < 4.78 is 0. The van der Waals surface area contributed by atoms with E-state index in [0.717, 1.165) is 6.54 Å². The summed E-state index contributed by atoms with van der Waals surface area (Å²) in [5, 5.41) is 3.42. The van der Waals surface area contributed by atoms with Crippen LogP contribution in [0.3, 0.4) is 0 Å². The highest BCUT2D eigenvalue weighted by molar-refractivity contribution is 4.49. The smallest absolute Gasteiger partial charge is 0.00489 e. The molecule has 0 aromatic heterocycles. The molecule has 0 spiro atoms. The van der Waals surface area contributed by atoms with E-state index in [9.17, 15) is 0 Å². The second kappa shape index (κ2) is 11.9. The van der Waals surface area contributed by atoms with Gasteiger partial charge in [-0.15, -0.1) is 0 Å². The highest BCUT2D eigenvalue weighted by Crippen LogP contribution is 2.03. The quantitative estimate of drug-likeness (QED) is 0.514. The van der Waals surface area contributed by atoms with Gasteiger partial charge in [0.1, 0.15) is 0 Å². The lowest BCUT2D eigenvalue weighted by Crippen LogP contribution is -2.15. The molecule has 2 heteroatoms. The molecule has 0 saturated carbocycles. The van der Waals surface area contributed by atoms with Crippen LogP contribution in [0.25, 0.3) is 0 Å². The number of nitrogens with two attached hydrogens (primary N) is 1. The van der Waals surface area contributed by atoms with Crippen molar-refractivity contribution in [2.45, 2.75) is 51.9 Å². The Kier molecular flexibility index (Phi) is 11.8. The lowest BCUT2D eigenvalue weighted by atomic mass is 10.1. The van der Waals surface area contributed by atoms with Crippen molar-refractivity contribution >= 4 is 0 Å². The third-order valence-corrected chi connectivity index (χ3v) is 2.23. The molecule has 0 unspecified atom stereocenters. The van der Waals surface area contributed by atoms with Crippen molar-refractivity contribution in [1.82, 2.24) is 5.32 Å². The Hall–Kier alpha value is -0.0800. The minimum Gasteiger partial charge on any atom is -0.330 e. The Bertz CT molecular complexity index is 74.2. The first-order valence-corrected chi connectivity index (χ1v) is 5.82. The van der Waals surface area contributed by atoms with E-state index >= 15 is 0 Å². The SMILES string of the molecule is CCCNCCCCCCCCN. The minimum absolute atomic E-state index is 0.859. The van der Waals surface area contributed by atoms with Gasteiger partial charge in [-0.2, -0.15) is 0 Å². The van der Waals surface area contributed by atoms with E-state index in [2.05, 4.69) is 12.2 Å². The second-order valence-electron chi connectivity index (χ2n) is 3.66. The fourth-order valence-electron chi connectivity index (χ4n) is 1.40. The molecule has 0 radical (unpaired) electrons. The van der Waals surface area contributed by atoms with Crippen LogP contribution in [0.4, 0.5) is 0 Å². The topological polar surface area (TPSA) is 38.0 Å². The Morgan fingerprint density at radius 3 is 2.08 bits per heavy atom. The number of unbranched alkanes of at least 4 members (excludes halogenated alkanes) is 5. The molecule has 2 nitrogen and oxygen atoms in total. The summed E-state index contributed by atoms with van der Waals surface area (Å²) in [5.41, 5.74) is 5.41. The summed E-state index contributed by atoms with van der Waals surface area (Å²) in [6, 6.07) is 0. The van der Waals surface area contributed by atoms with Gasteiger partial charge in [-0.3, -0.25) is 0 Å². The average Bonchev–Trinajstić information content (AvgIpc) is 2.16. The minimum atomic E-state index is 0.859. The van der Waals surface area contributed by atoms with Crippen molar-refractivity contribution in [2.24, 2.45) is 5.73 Å². The monoisotopic (exact) mass is 186 g/mol. The Balaban J connectivity index is 2.76. The van der Waals surface area contributed by atoms with Crippen LogP contribution in [0.2, 0.25) is 0 Å². The summed E-state index contributed by atoms with van der Waals surface area (Å²) in [7, 11) is 0. The van der Waals surface area contributed by atoms with Crippen molar-refractivity contribution in [1.29, 1.82) is 0 Å². The Morgan fingerprint density at radius 1 is 0.846 bits per heavy atom. The zero-order valence-electron chi connectivity index (χ0n) is 9.15. The van der Waals surface area contributed by atoms with Gasteiger partial charge < -0.3 is 11.1 Å². The maximum Gasteiger partial charge on any atom is -0.00489 e. The molecule has 0 aromatic rings. The number of hydrogen-bond donors (Lipinski definition) is 2. The molecule has 0 aliphatic carbocycles. The van der Waals surface area contributed by atoms with Crippen molar-refractivity contribution < 1.29 is 0 Å². The van der Waals surface area contributed by atoms with E-state index in [1.54, 1.807) is 0 Å². The van der Waals surface area contributed by atoms with Crippen LogP contribution in [0.5, 0.6) is 0 Å². The van der Waals surface area contributed by atoms with Crippen molar-refractivity contribution in [3.05, 3.63) is 0 Å². The van der Waals surface area contributed by atoms with Crippen LogP contribution in [0.1, 0.15) is 51.9 Å². The Morgan fingerprint density at radius 2 is 1.46 bits per heavy atom. The molecule has 0 aliphatic heterocycles. The highest BCUT2D eigenvalue weighted by Gasteiger charge is 1.90. The largest absolute Gasteiger partial charge is 0.330 e. The van der Waals surface area contributed by atoms with E-state index in [1.807, 2.05) is 0 Å². The van der Waals surface area contributed by atoms with Crippen molar-refractivity contribution in [2.75, 3.05) is 19.6 Å². The van der Waals surface area contributed by atoms with Crippen molar-refractivity contribution in [3.8, 4) is 0 Å². The van der Waals surface area contributed by atoms with Crippen LogP contribution in [0.15, 0.2) is 0 Å². The van der Waals surface area contributed by atoms with Crippen LogP contribution in [-0.2, 0) is 0 Å². The molecular weight excluding hydrogens is 160 g/mol. The first-order chi connectivity index (χ1) is 6.41. The third-order valence-electron chi connectivity index (χ3n) is 2.23. The molecule has 0 rings (SSSR count). The van der Waals surface area contributed by atoms with E-state index < -0.39 is 0 Å². The molecule has 0 amide bonds. The maximum absolute atomic E-state index is 5.41. The van der Waals surface area contributed by atoms with Gasteiger partial charge in [0, 0.05) is 0 Å². The van der Waals surface area contributed by atoms with E-state index in [-0.39, 0.29) is 0 Å². The molecular formula is C11H26N2. The fraction of sp³-hybridized carbons (Fsp3) is 1.00. The highest BCUT2D eigenvalue weighted by atomic mass is 14.8. The van der Waals surface area contributed by atoms with E-state index in [1.165, 1.54) is 58.0 Å². The molecule has 0 aromatic carbocycles. The fourth-order valence-corrected chi connectivity index (χ4v) is 1.40. The molecule has 0 bridgehead atoms. The van der Waals surface area contributed by atoms with Gasteiger partial charge in [-0.1, -0.05) is 32.6 Å². The van der Waals surface area contributed by atoms with Gasteiger partial charge in [0.15, 0.2) is 0 Å². The second-order valence-corrected chi connectivity index (χ2v) is 3.66. The molecule has 0 fully saturated rings. The maximum atomic E-state index is 5.41. The normalized spacial score (nSPS) is 10.6. The first-order valence-electron chi connectivity index (χ1n) is 5.82. The molecule has 3 N–H and O–H groups in total. The molecule has 13 heavy (non-hydrogen) atoms. The molecule has 0 atom stereocenters. The molecule has 0 heterocycles. The van der Waals surface area contributed by atoms with Gasteiger partial charge in [0.25, 0.3) is 0 Å². The zero-order valence-corrected chi connectivity index (χ0v) is 9.15. The van der Waals surface area contributed by atoms with E-state index in [0.29, 0.717) is 0 Å². The zero-order chi connectivity index (χ0) is 9.78. The van der Waals surface area contributed by atoms with Gasteiger partial charge in [0.2, 0.25) is 0 Å². The summed E-state index contributed by atoms with van der Waals surface area (Å²) in [5.74, 6) is 0. The van der Waals surface area contributed by atoms with Crippen LogP contribution >= 0.6 is 0 Å². The summed E-state index contributed by atoms with van der Waals surface area (Å²) in [4.78, 5) is 0. The lowest BCUT2D eigenvalue weighted by molar-refractivity contribution is 0.566. The van der Waals surface area contributed by atoms with Crippen LogP contribution < -0.4 is 11.1 Å². The van der Waals surface area contributed by atoms with Crippen molar-refractivity contribution in [3.63, 3.8) is 0 Å². The predicted octanol–water partition coefficient (Wildman–Crippen LogP) is 2.29. The number of nitrogens with one attached hydrogen (secondary N) is 1. The summed E-state index contributed by atoms with van der Waals surface area (Å²) >= 11 is 0. The lowest BCUT2D eigenvalue weighted by Gasteiger charge is -2.02. The predicted molar refractivity (Wildman–Crippen MR) is 59.9 cm³/mol. The average molecular weight is 186 g/mol. The van der Waals surface area contributed by atoms with Gasteiger partial charge in [0.05, 0.1) is 0 Å². The molecule has 0 aliphatic rings. The van der Waals surface area contributed by atoms with Crippen LogP contribution in [-0.4, -0.2) is 19.6 Å². The number of rotatable bonds is 10. The van der Waals surface area contributed by atoms with Crippen LogP contribution in [0, 0.1) is 0 Å². The Labute approximate surface area is 83.3 Å². The molecule has 0 saturated heterocycles.